The minimum atomic E-state index is 0.0903. The largest absolute Gasteiger partial charge is 0.396 e. The van der Waals surface area contributed by atoms with E-state index >= 15 is 0 Å². The third-order valence-corrected chi connectivity index (χ3v) is 6.26. The molecule has 6 heteroatoms. The van der Waals surface area contributed by atoms with Gasteiger partial charge in [0.25, 0.3) is 5.91 Å². The molecule has 27 heavy (non-hydrogen) atoms. The van der Waals surface area contributed by atoms with Gasteiger partial charge in [0, 0.05) is 56.5 Å². The first-order valence-electron chi connectivity index (χ1n) is 10.3. The van der Waals surface area contributed by atoms with Crippen LogP contribution in [-0.4, -0.2) is 86.4 Å². The molecule has 148 valence electrons. The molecule has 6 nitrogen and oxygen atoms in total. The van der Waals surface area contributed by atoms with Crippen LogP contribution in [0.1, 0.15) is 23.2 Å². The Kier molecular flexibility index (Phi) is 5.95. The average molecular weight is 373 g/mol. The van der Waals surface area contributed by atoms with Gasteiger partial charge in [-0.25, -0.2) is 0 Å². The van der Waals surface area contributed by atoms with Crippen LogP contribution in [0.4, 0.5) is 5.69 Å². The van der Waals surface area contributed by atoms with E-state index in [1.165, 1.54) is 12.8 Å². The van der Waals surface area contributed by atoms with Gasteiger partial charge in [-0.15, -0.1) is 0 Å². The third-order valence-electron chi connectivity index (χ3n) is 6.26. The summed E-state index contributed by atoms with van der Waals surface area (Å²) in [6.45, 7) is 8.10. The maximum absolute atomic E-state index is 13.1. The molecule has 2 atom stereocenters. The van der Waals surface area contributed by atoms with E-state index in [1.54, 1.807) is 0 Å². The third kappa shape index (κ3) is 4.28. The van der Waals surface area contributed by atoms with Crippen LogP contribution in [0, 0.1) is 11.8 Å². The molecule has 0 spiro atoms. The van der Waals surface area contributed by atoms with Gasteiger partial charge >= 0.3 is 0 Å². The van der Waals surface area contributed by atoms with Crippen molar-refractivity contribution in [3.8, 4) is 0 Å². The number of ether oxygens (including phenoxy) is 1. The number of aliphatic hydroxyl groups is 1. The summed E-state index contributed by atoms with van der Waals surface area (Å²) in [5.74, 6) is 0.656. The van der Waals surface area contributed by atoms with E-state index in [9.17, 15) is 9.90 Å². The molecule has 3 fully saturated rings. The van der Waals surface area contributed by atoms with Crippen LogP contribution in [-0.2, 0) is 4.74 Å². The molecule has 3 aliphatic rings. The highest BCUT2D eigenvalue weighted by Crippen LogP contribution is 2.27. The number of amides is 1. The van der Waals surface area contributed by atoms with Crippen molar-refractivity contribution >= 4 is 11.6 Å². The normalized spacial score (nSPS) is 26.7. The van der Waals surface area contributed by atoms with Gasteiger partial charge in [0.1, 0.15) is 0 Å². The highest BCUT2D eigenvalue weighted by atomic mass is 16.5. The lowest BCUT2D eigenvalue weighted by atomic mass is 9.96. The second-order valence-corrected chi connectivity index (χ2v) is 8.07. The molecule has 0 radical (unpaired) electrons. The zero-order chi connectivity index (χ0) is 18.6. The van der Waals surface area contributed by atoms with Crippen molar-refractivity contribution < 1.29 is 14.6 Å². The van der Waals surface area contributed by atoms with Crippen LogP contribution in [0.3, 0.4) is 0 Å². The number of morpholine rings is 1. The number of carbonyl (C=O) groups excluding carboxylic acids is 1. The van der Waals surface area contributed by atoms with Gasteiger partial charge in [0.05, 0.1) is 13.2 Å². The summed E-state index contributed by atoms with van der Waals surface area (Å²) < 4.78 is 5.43. The van der Waals surface area contributed by atoms with E-state index in [0.29, 0.717) is 12.5 Å². The van der Waals surface area contributed by atoms with Crippen molar-refractivity contribution in [2.75, 3.05) is 70.5 Å². The first-order chi connectivity index (χ1) is 13.2. The lowest BCUT2D eigenvalue weighted by Gasteiger charge is -2.29. The van der Waals surface area contributed by atoms with Crippen LogP contribution in [0.5, 0.6) is 0 Å². The van der Waals surface area contributed by atoms with Crippen molar-refractivity contribution in [1.29, 1.82) is 0 Å². The van der Waals surface area contributed by atoms with Crippen molar-refractivity contribution in [2.45, 2.75) is 12.8 Å². The summed E-state index contributed by atoms with van der Waals surface area (Å²) in [5.41, 5.74) is 1.84. The smallest absolute Gasteiger partial charge is 0.253 e. The van der Waals surface area contributed by atoms with Gasteiger partial charge in [-0.2, -0.15) is 0 Å². The summed E-state index contributed by atoms with van der Waals surface area (Å²) >= 11 is 0. The molecule has 0 aliphatic carbocycles. The Morgan fingerprint density at radius 2 is 1.81 bits per heavy atom. The predicted octanol–water partition coefficient (Wildman–Crippen LogP) is 1.30. The van der Waals surface area contributed by atoms with Gasteiger partial charge in [0.2, 0.25) is 0 Å². The number of hydrogen-bond donors (Lipinski definition) is 1. The Labute approximate surface area is 161 Å². The Morgan fingerprint density at radius 1 is 1.07 bits per heavy atom. The zero-order valence-electron chi connectivity index (χ0n) is 16.1. The second-order valence-electron chi connectivity index (χ2n) is 8.07. The fraction of sp³-hybridized carbons (Fsp3) is 0.667. The lowest BCUT2D eigenvalue weighted by molar-refractivity contribution is 0.0779. The quantitative estimate of drug-likeness (QED) is 0.843. The van der Waals surface area contributed by atoms with Crippen LogP contribution in [0.25, 0.3) is 0 Å². The van der Waals surface area contributed by atoms with E-state index in [1.807, 2.05) is 23.1 Å². The van der Waals surface area contributed by atoms with Gasteiger partial charge in [-0.1, -0.05) is 6.07 Å². The number of likely N-dealkylation sites (tertiary alicyclic amines) is 2. The Morgan fingerprint density at radius 3 is 2.56 bits per heavy atom. The van der Waals surface area contributed by atoms with Crippen LogP contribution >= 0.6 is 0 Å². The van der Waals surface area contributed by atoms with E-state index in [4.69, 9.17) is 4.74 Å². The molecule has 1 aromatic rings. The van der Waals surface area contributed by atoms with Gasteiger partial charge in [0.15, 0.2) is 0 Å². The summed E-state index contributed by atoms with van der Waals surface area (Å²) in [6, 6.07) is 7.96. The van der Waals surface area contributed by atoms with Crippen LogP contribution in [0.15, 0.2) is 24.3 Å². The lowest BCUT2D eigenvalue weighted by Crippen LogP contribution is -2.36. The Hall–Kier alpha value is -1.63. The minimum absolute atomic E-state index is 0.0903. The average Bonchev–Trinajstić information content (AvgIpc) is 3.38. The van der Waals surface area contributed by atoms with E-state index < -0.39 is 0 Å². The molecule has 1 N–H and O–H groups in total. The van der Waals surface area contributed by atoms with Gasteiger partial charge in [-0.3, -0.25) is 4.79 Å². The standard InChI is InChI=1S/C21H31N3O3/c25-16-19-15-24(14-18(19)13-22-6-1-2-7-22)21(26)17-4-3-5-20(12-17)23-8-10-27-11-9-23/h3-5,12,18-19,25H,1-2,6-11,13-16H2/t18-,19-/m0/s1. The molecular formula is C21H31N3O3. The van der Waals surface area contributed by atoms with E-state index in [-0.39, 0.29) is 18.4 Å². The molecule has 0 bridgehead atoms. The molecule has 1 amide bonds. The van der Waals surface area contributed by atoms with Crippen molar-refractivity contribution in [2.24, 2.45) is 11.8 Å². The molecule has 3 heterocycles. The monoisotopic (exact) mass is 373 g/mol. The molecule has 0 saturated carbocycles. The number of benzene rings is 1. The van der Waals surface area contributed by atoms with Gasteiger partial charge < -0.3 is 24.5 Å². The Balaban J connectivity index is 1.42. The SMILES string of the molecule is O=C(c1cccc(N2CCOCC2)c1)N1C[C@@H](CO)[C@@H](CN2CCCC2)C1. The Bertz CT molecular complexity index is 641. The number of rotatable bonds is 5. The fourth-order valence-corrected chi connectivity index (χ4v) is 4.65. The predicted molar refractivity (Wildman–Crippen MR) is 105 cm³/mol. The summed E-state index contributed by atoms with van der Waals surface area (Å²) in [5, 5.41) is 9.82. The molecule has 3 aliphatic heterocycles. The zero-order valence-corrected chi connectivity index (χ0v) is 16.1. The first-order valence-corrected chi connectivity index (χ1v) is 10.3. The van der Waals surface area contributed by atoms with Gasteiger partial charge in [-0.05, 0) is 50.0 Å². The van der Waals surface area contributed by atoms with Crippen molar-refractivity contribution in [3.05, 3.63) is 29.8 Å². The van der Waals surface area contributed by atoms with Crippen molar-refractivity contribution in [1.82, 2.24) is 9.80 Å². The molecule has 3 saturated heterocycles. The summed E-state index contributed by atoms with van der Waals surface area (Å²) in [4.78, 5) is 19.8. The molecular weight excluding hydrogens is 342 g/mol. The first kappa shape index (κ1) is 18.7. The number of hydrogen-bond acceptors (Lipinski definition) is 5. The molecule has 1 aromatic carbocycles. The highest BCUT2D eigenvalue weighted by molar-refractivity contribution is 5.95. The van der Waals surface area contributed by atoms with Crippen molar-refractivity contribution in [3.63, 3.8) is 0 Å². The second kappa shape index (κ2) is 8.59. The highest BCUT2D eigenvalue weighted by Gasteiger charge is 2.36. The topological polar surface area (TPSA) is 56.3 Å². The fourth-order valence-electron chi connectivity index (χ4n) is 4.65. The maximum Gasteiger partial charge on any atom is 0.253 e. The number of anilines is 1. The van der Waals surface area contributed by atoms with Crippen LogP contribution < -0.4 is 4.90 Å². The van der Waals surface area contributed by atoms with Crippen LogP contribution in [0.2, 0.25) is 0 Å². The summed E-state index contributed by atoms with van der Waals surface area (Å²) in [7, 11) is 0. The number of nitrogens with zero attached hydrogens (tertiary/aromatic N) is 3. The van der Waals surface area contributed by atoms with E-state index in [0.717, 1.165) is 63.7 Å². The number of aliphatic hydroxyl groups excluding tert-OH is 1. The number of carbonyl (C=O) groups is 1. The maximum atomic E-state index is 13.1. The molecule has 0 aromatic heterocycles. The molecule has 4 rings (SSSR count). The van der Waals surface area contributed by atoms with E-state index in [2.05, 4.69) is 15.9 Å². The summed E-state index contributed by atoms with van der Waals surface area (Å²) in [6.07, 6.45) is 2.54. The molecule has 0 unspecified atom stereocenters. The minimum Gasteiger partial charge on any atom is -0.396 e.